The first-order valence-corrected chi connectivity index (χ1v) is 7.22. The maximum Gasteiger partial charge on any atom is 0.242 e. The molecular formula is C16H24N2O3. The summed E-state index contributed by atoms with van der Waals surface area (Å²) >= 11 is 0. The molecule has 0 saturated heterocycles. The molecule has 116 valence electrons. The number of hydrogen-bond donors (Lipinski definition) is 2. The van der Waals surface area contributed by atoms with Crippen LogP contribution < -0.4 is 10.6 Å². The van der Waals surface area contributed by atoms with E-state index in [-0.39, 0.29) is 17.9 Å². The molecule has 0 aliphatic carbocycles. The molecule has 2 unspecified atom stereocenters. The van der Waals surface area contributed by atoms with Gasteiger partial charge in [0.15, 0.2) is 0 Å². The molecule has 5 heteroatoms. The number of carbonyl (C=O) groups is 2. The van der Waals surface area contributed by atoms with E-state index in [1.165, 1.54) is 6.92 Å². The standard InChI is InChI=1S/C16H24N2O3/c1-12(18-14(3)19)16(20)17-10-7-11-21-13(2)15-8-5-4-6-9-15/h4-6,8-9,12-13H,7,10-11H2,1-3H3,(H,17,20)(H,18,19). The lowest BCUT2D eigenvalue weighted by atomic mass is 10.1. The summed E-state index contributed by atoms with van der Waals surface area (Å²) in [5.41, 5.74) is 1.14. The van der Waals surface area contributed by atoms with Crippen LogP contribution in [0.2, 0.25) is 0 Å². The van der Waals surface area contributed by atoms with Crippen LogP contribution in [0.5, 0.6) is 0 Å². The normalized spacial score (nSPS) is 13.3. The molecule has 0 fully saturated rings. The first-order chi connectivity index (χ1) is 10.0. The number of amides is 2. The largest absolute Gasteiger partial charge is 0.374 e. The number of benzene rings is 1. The quantitative estimate of drug-likeness (QED) is 0.718. The Morgan fingerprint density at radius 1 is 1.19 bits per heavy atom. The van der Waals surface area contributed by atoms with E-state index in [1.807, 2.05) is 37.3 Å². The Hall–Kier alpha value is -1.88. The fourth-order valence-corrected chi connectivity index (χ4v) is 1.89. The Morgan fingerprint density at radius 2 is 1.86 bits per heavy atom. The van der Waals surface area contributed by atoms with Gasteiger partial charge >= 0.3 is 0 Å². The first kappa shape index (κ1) is 17.2. The second-order valence-electron chi connectivity index (χ2n) is 4.99. The number of nitrogens with one attached hydrogen (secondary N) is 2. The lowest BCUT2D eigenvalue weighted by Gasteiger charge is -2.15. The van der Waals surface area contributed by atoms with Crippen LogP contribution in [0, 0.1) is 0 Å². The predicted octanol–water partition coefficient (Wildman–Crippen LogP) is 1.80. The number of carbonyl (C=O) groups excluding carboxylic acids is 2. The maximum atomic E-state index is 11.6. The van der Waals surface area contributed by atoms with Gasteiger partial charge in [0.25, 0.3) is 0 Å². The van der Waals surface area contributed by atoms with Gasteiger partial charge in [-0.05, 0) is 25.8 Å². The van der Waals surface area contributed by atoms with Crippen molar-refractivity contribution in [3.05, 3.63) is 35.9 Å². The van der Waals surface area contributed by atoms with E-state index in [0.29, 0.717) is 13.2 Å². The maximum absolute atomic E-state index is 11.6. The molecule has 0 heterocycles. The lowest BCUT2D eigenvalue weighted by molar-refractivity contribution is -0.127. The summed E-state index contributed by atoms with van der Waals surface area (Å²) in [6, 6.07) is 9.50. The molecule has 0 spiro atoms. The molecule has 1 aromatic rings. The first-order valence-electron chi connectivity index (χ1n) is 7.22. The molecule has 1 rings (SSSR count). The minimum absolute atomic E-state index is 0.0419. The van der Waals surface area contributed by atoms with Crippen LogP contribution in [0.4, 0.5) is 0 Å². The summed E-state index contributed by atoms with van der Waals surface area (Å²) in [5, 5.41) is 5.31. The minimum Gasteiger partial charge on any atom is -0.374 e. The van der Waals surface area contributed by atoms with Crippen LogP contribution in [-0.4, -0.2) is 31.0 Å². The molecule has 0 aliphatic heterocycles. The number of hydrogen-bond acceptors (Lipinski definition) is 3. The van der Waals surface area contributed by atoms with E-state index in [4.69, 9.17) is 4.74 Å². The highest BCUT2D eigenvalue weighted by atomic mass is 16.5. The lowest BCUT2D eigenvalue weighted by Crippen LogP contribution is -2.44. The molecule has 0 aromatic heterocycles. The molecule has 2 amide bonds. The highest BCUT2D eigenvalue weighted by Crippen LogP contribution is 2.15. The van der Waals surface area contributed by atoms with E-state index in [9.17, 15) is 9.59 Å². The van der Waals surface area contributed by atoms with Gasteiger partial charge in [-0.25, -0.2) is 0 Å². The van der Waals surface area contributed by atoms with Crippen molar-refractivity contribution in [3.63, 3.8) is 0 Å². The Morgan fingerprint density at radius 3 is 2.48 bits per heavy atom. The fraction of sp³-hybridized carbons (Fsp3) is 0.500. The van der Waals surface area contributed by atoms with Crippen LogP contribution in [0.3, 0.4) is 0 Å². The second-order valence-corrected chi connectivity index (χ2v) is 4.99. The molecule has 0 aliphatic rings. The molecule has 0 bridgehead atoms. The zero-order chi connectivity index (χ0) is 15.7. The van der Waals surface area contributed by atoms with Crippen LogP contribution in [-0.2, 0) is 14.3 Å². The van der Waals surface area contributed by atoms with Gasteiger partial charge in [-0.2, -0.15) is 0 Å². The van der Waals surface area contributed by atoms with Gasteiger partial charge < -0.3 is 15.4 Å². The van der Waals surface area contributed by atoms with Gasteiger partial charge in [0, 0.05) is 20.1 Å². The van der Waals surface area contributed by atoms with E-state index in [1.54, 1.807) is 6.92 Å². The Bertz CT molecular complexity index is 448. The predicted molar refractivity (Wildman–Crippen MR) is 81.7 cm³/mol. The molecule has 1 aromatic carbocycles. The molecule has 5 nitrogen and oxygen atoms in total. The van der Waals surface area contributed by atoms with Crippen molar-refractivity contribution in [1.82, 2.24) is 10.6 Å². The van der Waals surface area contributed by atoms with Crippen LogP contribution in [0.15, 0.2) is 30.3 Å². The van der Waals surface area contributed by atoms with Gasteiger partial charge in [0.2, 0.25) is 11.8 Å². The van der Waals surface area contributed by atoms with Gasteiger partial charge in [0.05, 0.1) is 6.10 Å². The third-order valence-electron chi connectivity index (χ3n) is 3.07. The van der Waals surface area contributed by atoms with Crippen molar-refractivity contribution < 1.29 is 14.3 Å². The molecule has 2 N–H and O–H groups in total. The van der Waals surface area contributed by atoms with Crippen molar-refractivity contribution in [1.29, 1.82) is 0 Å². The number of ether oxygens (including phenoxy) is 1. The summed E-state index contributed by atoms with van der Waals surface area (Å²) in [7, 11) is 0. The van der Waals surface area contributed by atoms with Crippen molar-refractivity contribution in [2.75, 3.05) is 13.2 Å². The van der Waals surface area contributed by atoms with Crippen molar-refractivity contribution in [3.8, 4) is 0 Å². The van der Waals surface area contributed by atoms with Gasteiger partial charge in [0.1, 0.15) is 6.04 Å². The van der Waals surface area contributed by atoms with E-state index >= 15 is 0 Å². The highest BCUT2D eigenvalue weighted by Gasteiger charge is 2.12. The Labute approximate surface area is 126 Å². The summed E-state index contributed by atoms with van der Waals surface area (Å²) < 4.78 is 5.71. The number of rotatable bonds is 8. The Balaban J connectivity index is 2.14. The van der Waals surface area contributed by atoms with Crippen molar-refractivity contribution in [2.45, 2.75) is 39.3 Å². The summed E-state index contributed by atoms with van der Waals surface area (Å²) in [6.45, 7) is 6.16. The minimum atomic E-state index is -0.508. The summed E-state index contributed by atoms with van der Waals surface area (Å²) in [6.07, 6.45) is 0.774. The Kier molecular flexibility index (Phi) is 7.46. The zero-order valence-electron chi connectivity index (χ0n) is 12.9. The smallest absolute Gasteiger partial charge is 0.242 e. The van der Waals surface area contributed by atoms with E-state index in [2.05, 4.69) is 10.6 Å². The SMILES string of the molecule is CC(=O)NC(C)C(=O)NCCCOC(C)c1ccccc1. The van der Waals surface area contributed by atoms with E-state index in [0.717, 1.165) is 12.0 Å². The topological polar surface area (TPSA) is 67.4 Å². The van der Waals surface area contributed by atoms with Crippen molar-refractivity contribution in [2.24, 2.45) is 0 Å². The third-order valence-corrected chi connectivity index (χ3v) is 3.07. The highest BCUT2D eigenvalue weighted by molar-refractivity contribution is 5.86. The fourth-order valence-electron chi connectivity index (χ4n) is 1.89. The molecule has 0 saturated carbocycles. The molecule has 2 atom stereocenters. The van der Waals surface area contributed by atoms with Crippen LogP contribution >= 0.6 is 0 Å². The average molecular weight is 292 g/mol. The van der Waals surface area contributed by atoms with Gasteiger partial charge in [-0.1, -0.05) is 30.3 Å². The summed E-state index contributed by atoms with van der Waals surface area (Å²) in [5.74, 6) is -0.390. The second kappa shape index (κ2) is 9.13. The van der Waals surface area contributed by atoms with Crippen LogP contribution in [0.1, 0.15) is 38.9 Å². The van der Waals surface area contributed by atoms with E-state index < -0.39 is 6.04 Å². The molecular weight excluding hydrogens is 268 g/mol. The summed E-state index contributed by atoms with van der Waals surface area (Å²) in [4.78, 5) is 22.5. The monoisotopic (exact) mass is 292 g/mol. The third kappa shape index (κ3) is 6.90. The van der Waals surface area contributed by atoms with Gasteiger partial charge in [-0.3, -0.25) is 9.59 Å². The van der Waals surface area contributed by atoms with Gasteiger partial charge in [-0.15, -0.1) is 0 Å². The molecule has 21 heavy (non-hydrogen) atoms. The van der Waals surface area contributed by atoms with Crippen LogP contribution in [0.25, 0.3) is 0 Å². The zero-order valence-corrected chi connectivity index (χ0v) is 12.9. The van der Waals surface area contributed by atoms with Crippen molar-refractivity contribution >= 4 is 11.8 Å². The average Bonchev–Trinajstić information content (AvgIpc) is 2.46. The molecule has 0 radical (unpaired) electrons.